The predicted octanol–water partition coefficient (Wildman–Crippen LogP) is 0.788. The lowest BCUT2D eigenvalue weighted by Crippen LogP contribution is -2.39. The van der Waals surface area contributed by atoms with Crippen LogP contribution in [0.1, 0.15) is 24.0 Å². The maximum absolute atomic E-state index is 12.5. The Balaban J connectivity index is 1.78. The van der Waals surface area contributed by atoms with Crippen molar-refractivity contribution >= 4 is 15.9 Å². The zero-order chi connectivity index (χ0) is 14.3. The third-order valence-electron chi connectivity index (χ3n) is 4.06. The molecule has 2 aliphatic heterocycles. The van der Waals surface area contributed by atoms with E-state index in [4.69, 9.17) is 0 Å². The van der Waals surface area contributed by atoms with E-state index in [-0.39, 0.29) is 30.2 Å². The van der Waals surface area contributed by atoms with E-state index in [0.717, 1.165) is 11.1 Å². The van der Waals surface area contributed by atoms with Gasteiger partial charge < -0.3 is 5.32 Å². The van der Waals surface area contributed by atoms with E-state index in [1.807, 2.05) is 31.2 Å². The summed E-state index contributed by atoms with van der Waals surface area (Å²) in [4.78, 5) is 11.4. The highest BCUT2D eigenvalue weighted by molar-refractivity contribution is 7.88. The number of nitrogens with zero attached hydrogens (tertiary/aromatic N) is 1. The van der Waals surface area contributed by atoms with Crippen molar-refractivity contribution in [3.8, 4) is 0 Å². The van der Waals surface area contributed by atoms with Crippen molar-refractivity contribution in [3.63, 3.8) is 0 Å². The lowest BCUT2D eigenvalue weighted by molar-refractivity contribution is -0.119. The largest absolute Gasteiger partial charge is 0.352 e. The average molecular weight is 294 g/mol. The van der Waals surface area contributed by atoms with Gasteiger partial charge in [0.25, 0.3) is 0 Å². The second-order valence-corrected chi connectivity index (χ2v) is 7.51. The number of aryl methyl sites for hydroxylation is 1. The van der Waals surface area contributed by atoms with Gasteiger partial charge in [0.05, 0.1) is 11.8 Å². The van der Waals surface area contributed by atoms with Crippen LogP contribution in [0.5, 0.6) is 0 Å². The maximum atomic E-state index is 12.5. The molecule has 0 aromatic heterocycles. The van der Waals surface area contributed by atoms with Crippen LogP contribution >= 0.6 is 0 Å². The molecule has 1 amide bonds. The molecule has 0 radical (unpaired) electrons. The molecule has 20 heavy (non-hydrogen) atoms. The Bertz CT molecular complexity index is 624. The lowest BCUT2D eigenvalue weighted by atomic mass is 10.1. The van der Waals surface area contributed by atoms with Crippen molar-refractivity contribution in [1.29, 1.82) is 0 Å². The Morgan fingerprint density at radius 1 is 1.30 bits per heavy atom. The highest BCUT2D eigenvalue weighted by Crippen LogP contribution is 2.29. The predicted molar refractivity (Wildman–Crippen MR) is 75.5 cm³/mol. The van der Waals surface area contributed by atoms with Crippen LogP contribution in [0.25, 0.3) is 0 Å². The van der Waals surface area contributed by atoms with Gasteiger partial charge in [0.15, 0.2) is 0 Å². The molecule has 2 fully saturated rings. The Morgan fingerprint density at radius 2 is 2.00 bits per heavy atom. The first kappa shape index (κ1) is 13.6. The molecule has 6 heteroatoms. The summed E-state index contributed by atoms with van der Waals surface area (Å²) >= 11 is 0. The van der Waals surface area contributed by atoms with Crippen molar-refractivity contribution < 1.29 is 13.2 Å². The van der Waals surface area contributed by atoms with Crippen LogP contribution in [-0.2, 0) is 20.6 Å². The van der Waals surface area contributed by atoms with E-state index >= 15 is 0 Å². The molecule has 0 aliphatic carbocycles. The van der Waals surface area contributed by atoms with Crippen LogP contribution < -0.4 is 5.32 Å². The smallest absolute Gasteiger partial charge is 0.221 e. The number of carbonyl (C=O) groups excluding carboxylic acids is 1. The summed E-state index contributed by atoms with van der Waals surface area (Å²) in [7, 11) is -3.36. The Morgan fingerprint density at radius 3 is 2.70 bits per heavy atom. The van der Waals surface area contributed by atoms with E-state index in [0.29, 0.717) is 13.0 Å². The van der Waals surface area contributed by atoms with Gasteiger partial charge in [-0.2, -0.15) is 4.31 Å². The Labute approximate surface area is 119 Å². The number of fused-ring (bicyclic) bond motifs is 1. The van der Waals surface area contributed by atoms with Crippen LogP contribution in [0, 0.1) is 6.92 Å². The quantitative estimate of drug-likeness (QED) is 0.896. The average Bonchev–Trinajstić information content (AvgIpc) is 2.90. The normalized spacial score (nSPS) is 26.6. The molecule has 1 N–H and O–H groups in total. The van der Waals surface area contributed by atoms with Gasteiger partial charge in [-0.05, 0) is 18.9 Å². The summed E-state index contributed by atoms with van der Waals surface area (Å²) in [5.41, 5.74) is 1.90. The number of amides is 1. The van der Waals surface area contributed by atoms with Gasteiger partial charge in [0.1, 0.15) is 0 Å². The number of rotatable bonds is 3. The number of hydrogen-bond donors (Lipinski definition) is 1. The number of sulfonamides is 1. The van der Waals surface area contributed by atoms with E-state index in [1.54, 1.807) is 0 Å². The fourth-order valence-corrected chi connectivity index (χ4v) is 4.81. The van der Waals surface area contributed by atoms with Crippen LogP contribution in [0.2, 0.25) is 0 Å². The van der Waals surface area contributed by atoms with E-state index in [1.165, 1.54) is 4.31 Å². The van der Waals surface area contributed by atoms with Gasteiger partial charge in [0.2, 0.25) is 15.9 Å². The topological polar surface area (TPSA) is 66.5 Å². The molecule has 1 aromatic carbocycles. The molecule has 108 valence electrons. The molecule has 0 unspecified atom stereocenters. The standard InChI is InChI=1S/C14H18N2O3S/c1-10-2-4-11(5-3-10)9-20(18,19)16-7-6-12-13(16)8-14(17)15-12/h2-5,12-13H,6-9H2,1H3,(H,15,17)/t12-,13-/m1/s1. The molecule has 2 heterocycles. The van der Waals surface area contributed by atoms with E-state index in [2.05, 4.69) is 5.32 Å². The summed E-state index contributed by atoms with van der Waals surface area (Å²) in [5.74, 6) is -0.0414. The molecular weight excluding hydrogens is 276 g/mol. The van der Waals surface area contributed by atoms with Crippen molar-refractivity contribution in [1.82, 2.24) is 9.62 Å². The third-order valence-corrected chi connectivity index (χ3v) is 5.93. The first-order valence-corrected chi connectivity index (χ1v) is 8.41. The minimum Gasteiger partial charge on any atom is -0.352 e. The highest BCUT2D eigenvalue weighted by Gasteiger charge is 2.46. The third kappa shape index (κ3) is 2.45. The first-order chi connectivity index (χ1) is 9.45. The monoisotopic (exact) mass is 294 g/mol. The fourth-order valence-electron chi connectivity index (χ4n) is 3.02. The molecule has 2 aliphatic rings. The summed E-state index contributed by atoms with van der Waals surface area (Å²) in [5, 5.41) is 2.84. The van der Waals surface area contributed by atoms with Crippen molar-refractivity contribution in [3.05, 3.63) is 35.4 Å². The molecule has 0 spiro atoms. The molecule has 0 bridgehead atoms. The Kier molecular flexibility index (Phi) is 3.30. The zero-order valence-corrected chi connectivity index (χ0v) is 12.2. The second kappa shape index (κ2) is 4.86. The number of carbonyl (C=O) groups is 1. The maximum Gasteiger partial charge on any atom is 0.221 e. The van der Waals surface area contributed by atoms with Gasteiger partial charge >= 0.3 is 0 Å². The van der Waals surface area contributed by atoms with E-state index < -0.39 is 10.0 Å². The molecule has 1 aromatic rings. The number of benzene rings is 1. The molecule has 2 saturated heterocycles. The molecule has 0 saturated carbocycles. The van der Waals surface area contributed by atoms with Crippen molar-refractivity contribution in [2.75, 3.05) is 6.54 Å². The van der Waals surface area contributed by atoms with Gasteiger partial charge in [-0.1, -0.05) is 29.8 Å². The minimum atomic E-state index is -3.36. The number of nitrogens with one attached hydrogen (secondary N) is 1. The SMILES string of the molecule is Cc1ccc(CS(=O)(=O)N2CC[C@H]3NC(=O)C[C@H]32)cc1. The minimum absolute atomic E-state index is 0.00436. The number of hydrogen-bond acceptors (Lipinski definition) is 3. The van der Waals surface area contributed by atoms with Crippen molar-refractivity contribution in [2.45, 2.75) is 37.6 Å². The van der Waals surface area contributed by atoms with Gasteiger partial charge in [-0.3, -0.25) is 4.79 Å². The van der Waals surface area contributed by atoms with Gasteiger partial charge in [0, 0.05) is 19.0 Å². The van der Waals surface area contributed by atoms with Crippen LogP contribution in [-0.4, -0.2) is 37.3 Å². The van der Waals surface area contributed by atoms with Gasteiger partial charge in [-0.25, -0.2) is 8.42 Å². The summed E-state index contributed by atoms with van der Waals surface area (Å²) < 4.78 is 26.6. The zero-order valence-electron chi connectivity index (χ0n) is 11.4. The van der Waals surface area contributed by atoms with Crippen LogP contribution in [0.4, 0.5) is 0 Å². The van der Waals surface area contributed by atoms with Crippen LogP contribution in [0.15, 0.2) is 24.3 Å². The van der Waals surface area contributed by atoms with Crippen LogP contribution in [0.3, 0.4) is 0 Å². The molecule has 5 nitrogen and oxygen atoms in total. The Hall–Kier alpha value is -1.40. The fraction of sp³-hybridized carbons (Fsp3) is 0.500. The highest BCUT2D eigenvalue weighted by atomic mass is 32.2. The lowest BCUT2D eigenvalue weighted by Gasteiger charge is -2.22. The van der Waals surface area contributed by atoms with E-state index in [9.17, 15) is 13.2 Å². The molecule has 2 atom stereocenters. The molecule has 3 rings (SSSR count). The first-order valence-electron chi connectivity index (χ1n) is 6.80. The van der Waals surface area contributed by atoms with Gasteiger partial charge in [-0.15, -0.1) is 0 Å². The summed E-state index contributed by atoms with van der Waals surface area (Å²) in [6.45, 7) is 2.48. The summed E-state index contributed by atoms with van der Waals surface area (Å²) in [6.07, 6.45) is 1.00. The summed E-state index contributed by atoms with van der Waals surface area (Å²) in [6, 6.07) is 7.32. The van der Waals surface area contributed by atoms with Crippen molar-refractivity contribution in [2.24, 2.45) is 0 Å². The second-order valence-electron chi connectivity index (χ2n) is 5.59. The molecular formula is C14H18N2O3S.